The van der Waals surface area contributed by atoms with Crippen LogP contribution in [0.25, 0.3) is 0 Å². The summed E-state index contributed by atoms with van der Waals surface area (Å²) < 4.78 is 5.55. The van der Waals surface area contributed by atoms with E-state index in [-0.39, 0.29) is 30.2 Å². The minimum absolute atomic E-state index is 0.0424. The van der Waals surface area contributed by atoms with Gasteiger partial charge in [-0.2, -0.15) is 0 Å². The number of hydrogen-bond donors (Lipinski definition) is 0. The topological polar surface area (TPSA) is 135 Å². The molecule has 0 bridgehead atoms. The van der Waals surface area contributed by atoms with E-state index in [9.17, 15) is 24.0 Å². The number of isocyanates is 1. The van der Waals surface area contributed by atoms with Gasteiger partial charge in [-0.25, -0.2) is 14.6 Å². The summed E-state index contributed by atoms with van der Waals surface area (Å²) in [6.07, 6.45) is 3.50. The van der Waals surface area contributed by atoms with Gasteiger partial charge in [0.1, 0.15) is 10.6 Å². The number of nitrogens with zero attached hydrogens (tertiary/aromatic N) is 4. The Morgan fingerprint density at radius 3 is 2.15 bits per heavy atom. The van der Waals surface area contributed by atoms with Crippen molar-refractivity contribution in [3.05, 3.63) is 147 Å². The third kappa shape index (κ3) is 10.3. The molecule has 1 aromatic heterocycles. The molecular formula is C47H46N4O7S. The third-order valence-corrected chi connectivity index (χ3v) is 11.2. The van der Waals surface area contributed by atoms with Gasteiger partial charge in [0, 0.05) is 46.7 Å². The van der Waals surface area contributed by atoms with Crippen molar-refractivity contribution in [1.29, 1.82) is 0 Å². The van der Waals surface area contributed by atoms with Crippen LogP contribution in [0.3, 0.4) is 0 Å². The average molecular weight is 811 g/mol. The Hall–Kier alpha value is -6.17. The van der Waals surface area contributed by atoms with Crippen molar-refractivity contribution in [1.82, 2.24) is 4.90 Å². The number of aryl methyl sites for hydroxylation is 1. The van der Waals surface area contributed by atoms with Gasteiger partial charge >= 0.3 is 5.97 Å². The summed E-state index contributed by atoms with van der Waals surface area (Å²) in [6, 6.07) is 32.5. The molecule has 0 N–H and O–H groups in total. The Labute approximate surface area is 348 Å². The van der Waals surface area contributed by atoms with Crippen LogP contribution in [0.2, 0.25) is 0 Å². The van der Waals surface area contributed by atoms with E-state index < -0.39 is 17.3 Å². The highest BCUT2D eigenvalue weighted by molar-refractivity contribution is 7.11. The number of carbonyl (C=O) groups excluding carboxylic acids is 5. The summed E-state index contributed by atoms with van der Waals surface area (Å²) in [5.41, 5.74) is 3.81. The molecule has 302 valence electrons. The highest BCUT2D eigenvalue weighted by atomic mass is 32.1. The first kappa shape index (κ1) is 42.4. The number of hydrogen-bond acceptors (Lipinski definition) is 12. The fourth-order valence-electron chi connectivity index (χ4n) is 6.92. The van der Waals surface area contributed by atoms with Crippen LogP contribution in [0.15, 0.2) is 125 Å². The number of benzene rings is 4. The number of thiophene rings is 1. The second kappa shape index (κ2) is 20.0. The summed E-state index contributed by atoms with van der Waals surface area (Å²) in [7, 11) is 0. The zero-order valence-electron chi connectivity index (χ0n) is 33.4. The summed E-state index contributed by atoms with van der Waals surface area (Å²) in [5, 5.41) is 5.74. The van der Waals surface area contributed by atoms with Gasteiger partial charge in [-0.15, -0.1) is 11.3 Å². The predicted octanol–water partition coefficient (Wildman–Crippen LogP) is 9.21. The number of morpholine rings is 1. The Morgan fingerprint density at radius 2 is 1.51 bits per heavy atom. The van der Waals surface area contributed by atoms with E-state index >= 15 is 0 Å². The highest BCUT2D eigenvalue weighted by Crippen LogP contribution is 2.39. The van der Waals surface area contributed by atoms with Crippen molar-refractivity contribution in [2.24, 2.45) is 10.1 Å². The number of Topliss-reactive ketones (excluding diaryl/α,β-unsaturated/α-hetero) is 2. The lowest BCUT2D eigenvalue weighted by Crippen LogP contribution is -2.54. The Balaban J connectivity index is 1.40. The van der Waals surface area contributed by atoms with Crippen LogP contribution in [-0.2, 0) is 20.8 Å². The lowest BCUT2D eigenvalue weighted by molar-refractivity contribution is -0.00430. The smallest absolute Gasteiger partial charge is 0.375 e. The lowest BCUT2D eigenvalue weighted by atomic mass is 9.88. The molecule has 2 heterocycles. The maximum absolute atomic E-state index is 14.5. The predicted molar refractivity (Wildman–Crippen MR) is 230 cm³/mol. The first-order valence-corrected chi connectivity index (χ1v) is 20.5. The molecule has 4 aromatic carbocycles. The summed E-state index contributed by atoms with van der Waals surface area (Å²) >= 11 is 1.20. The number of anilines is 3. The van der Waals surface area contributed by atoms with Crippen LogP contribution in [0.4, 0.5) is 17.1 Å². The van der Waals surface area contributed by atoms with Gasteiger partial charge in [0.15, 0.2) is 11.6 Å². The molecule has 0 amide bonds. The monoisotopic (exact) mass is 810 g/mol. The Bertz CT molecular complexity index is 2330. The largest absolute Gasteiger partial charge is 0.379 e. The number of rotatable bonds is 18. The van der Waals surface area contributed by atoms with Crippen LogP contribution >= 0.6 is 11.3 Å². The summed E-state index contributed by atoms with van der Waals surface area (Å²) in [6.45, 7) is 8.46. The lowest BCUT2D eigenvalue weighted by Gasteiger charge is -2.39. The van der Waals surface area contributed by atoms with Crippen molar-refractivity contribution >= 4 is 63.5 Å². The molecule has 0 atom stereocenters. The standard InChI is InChI=1S/C47H46N4O7S/c1-4-33-15-20-37(21-16-33)51(38-22-17-35(18-23-38)44(54)40(13-8-9-25-48-32-52)49-58-46(56)42-14-10-30-59-42)41-24-19-36(31-39(41)43(53)34-11-6-5-7-12-34)45(55)47(2,3)50-26-28-57-29-27-50/h5-7,10-12,14-24,30-31H,4,8-9,13,25-29H2,1-3H3/b49-40+. The van der Waals surface area contributed by atoms with Crippen molar-refractivity contribution in [2.45, 2.75) is 52.0 Å². The number of oxime groups is 1. The summed E-state index contributed by atoms with van der Waals surface area (Å²) in [5.74, 6) is -1.46. The quantitative estimate of drug-likeness (QED) is 0.0212. The molecule has 0 aliphatic carbocycles. The fraction of sp³-hybridized carbons (Fsp3) is 0.277. The van der Waals surface area contributed by atoms with Crippen molar-refractivity contribution < 1.29 is 33.5 Å². The van der Waals surface area contributed by atoms with Gasteiger partial charge in [0.05, 0.1) is 31.0 Å². The molecule has 1 aliphatic heterocycles. The van der Waals surface area contributed by atoms with Gasteiger partial charge in [-0.05, 0) is 111 Å². The first-order valence-electron chi connectivity index (χ1n) is 19.6. The highest BCUT2D eigenvalue weighted by Gasteiger charge is 2.37. The minimum Gasteiger partial charge on any atom is -0.379 e. The second-order valence-corrected chi connectivity index (χ2v) is 15.4. The van der Waals surface area contributed by atoms with Gasteiger partial charge < -0.3 is 14.5 Å². The van der Waals surface area contributed by atoms with Crippen molar-refractivity contribution in [3.63, 3.8) is 0 Å². The third-order valence-electron chi connectivity index (χ3n) is 10.3. The van der Waals surface area contributed by atoms with Crippen LogP contribution in [0.1, 0.15) is 91.9 Å². The zero-order valence-corrected chi connectivity index (χ0v) is 34.2. The molecule has 5 aromatic rings. The van der Waals surface area contributed by atoms with E-state index in [2.05, 4.69) is 22.0 Å². The van der Waals surface area contributed by atoms with Gasteiger partial charge in [0.2, 0.25) is 11.9 Å². The Morgan fingerprint density at radius 1 is 0.831 bits per heavy atom. The number of aliphatic imine (C=N–C) groups is 1. The molecule has 11 nitrogen and oxygen atoms in total. The van der Waals surface area contributed by atoms with Gasteiger partial charge in [0.25, 0.3) is 0 Å². The van der Waals surface area contributed by atoms with Crippen molar-refractivity contribution in [2.75, 3.05) is 37.7 Å². The molecule has 1 saturated heterocycles. The normalized spacial score (nSPS) is 13.3. The van der Waals surface area contributed by atoms with E-state index in [1.807, 2.05) is 55.1 Å². The molecule has 59 heavy (non-hydrogen) atoms. The molecule has 0 unspecified atom stereocenters. The molecule has 0 saturated carbocycles. The number of unbranched alkanes of at least 4 members (excludes halogenated alkanes) is 1. The average Bonchev–Trinajstić information content (AvgIpc) is 3.83. The zero-order chi connectivity index (χ0) is 41.8. The molecule has 0 spiro atoms. The van der Waals surface area contributed by atoms with E-state index in [1.165, 1.54) is 17.4 Å². The van der Waals surface area contributed by atoms with Crippen LogP contribution in [-0.4, -0.2) is 78.4 Å². The second-order valence-electron chi connectivity index (χ2n) is 14.5. The number of ether oxygens (including phenoxy) is 1. The van der Waals surface area contributed by atoms with Crippen molar-refractivity contribution in [3.8, 4) is 0 Å². The van der Waals surface area contributed by atoms with Gasteiger partial charge in [-0.3, -0.25) is 19.3 Å². The Kier molecular flexibility index (Phi) is 14.4. The maximum Gasteiger partial charge on any atom is 0.375 e. The summed E-state index contributed by atoms with van der Waals surface area (Å²) in [4.78, 5) is 79.1. The minimum atomic E-state index is -0.843. The molecule has 6 rings (SSSR count). The SMILES string of the molecule is CCc1ccc(N(c2ccc(C(=O)/C(CCCCN=C=O)=N/OC(=O)c3cccs3)cc2)c2ccc(C(=O)C(C)(C)N3CCOCC3)cc2C(=O)c2ccccc2)cc1. The van der Waals surface area contributed by atoms with E-state index in [0.29, 0.717) is 77.7 Å². The molecule has 1 aliphatic rings. The first-order chi connectivity index (χ1) is 28.6. The van der Waals surface area contributed by atoms with Crippen LogP contribution in [0, 0.1) is 0 Å². The van der Waals surface area contributed by atoms with Gasteiger partial charge in [-0.1, -0.05) is 60.6 Å². The van der Waals surface area contributed by atoms with E-state index in [1.54, 1.807) is 78.2 Å². The molecule has 0 radical (unpaired) electrons. The molecule has 1 fully saturated rings. The van der Waals surface area contributed by atoms with Crippen LogP contribution < -0.4 is 4.90 Å². The molecule has 12 heteroatoms. The maximum atomic E-state index is 14.5. The van der Waals surface area contributed by atoms with E-state index in [4.69, 9.17) is 9.57 Å². The fourth-order valence-corrected chi connectivity index (χ4v) is 7.52. The molecular weight excluding hydrogens is 765 g/mol. The number of ketones is 3. The van der Waals surface area contributed by atoms with E-state index in [0.717, 1.165) is 17.7 Å². The number of carbonyl (C=O) groups is 4. The van der Waals surface area contributed by atoms with Crippen LogP contribution in [0.5, 0.6) is 0 Å².